The van der Waals surface area contributed by atoms with E-state index in [4.69, 9.17) is 4.74 Å². The topological polar surface area (TPSA) is 81.5 Å². The number of nitrogens with zero attached hydrogens (tertiary/aromatic N) is 1. The zero-order valence-electron chi connectivity index (χ0n) is 14.4. The van der Waals surface area contributed by atoms with Gasteiger partial charge >= 0.3 is 0 Å². The monoisotopic (exact) mass is 350 g/mol. The Hall–Kier alpha value is -3.41. The maximum Gasteiger partial charge on any atom is 0.271 e. The lowest BCUT2D eigenvalue weighted by atomic mass is 9.97. The summed E-state index contributed by atoms with van der Waals surface area (Å²) in [7, 11) is 1.62. The minimum atomic E-state index is -0.489. The quantitative estimate of drug-likeness (QED) is 0.542. The molecular formula is C20H18N2O4. The smallest absolute Gasteiger partial charge is 0.271 e. The average molecular weight is 350 g/mol. The lowest BCUT2D eigenvalue weighted by Gasteiger charge is -2.13. The standard InChI is InChI=1S/C20H18N2O4/c1-13(20(23)21-17-4-3-5-18(12-17)22(24)25)14-6-7-16-11-19(26-2)9-8-15(16)10-14/h3-13H,1-2H3,(H,21,23). The molecule has 0 bridgehead atoms. The van der Waals surface area contributed by atoms with Crippen molar-refractivity contribution in [3.8, 4) is 5.75 Å². The molecule has 0 aliphatic carbocycles. The summed E-state index contributed by atoms with van der Waals surface area (Å²) < 4.78 is 5.22. The molecule has 1 unspecified atom stereocenters. The zero-order chi connectivity index (χ0) is 18.7. The van der Waals surface area contributed by atoms with Gasteiger partial charge in [0.2, 0.25) is 5.91 Å². The Morgan fingerprint density at radius 3 is 2.54 bits per heavy atom. The molecule has 1 atom stereocenters. The summed E-state index contributed by atoms with van der Waals surface area (Å²) in [6.45, 7) is 1.80. The van der Waals surface area contributed by atoms with Crippen molar-refractivity contribution in [3.05, 3.63) is 76.3 Å². The number of amides is 1. The van der Waals surface area contributed by atoms with Gasteiger partial charge in [0, 0.05) is 17.8 Å². The van der Waals surface area contributed by atoms with Crippen LogP contribution in [0.4, 0.5) is 11.4 Å². The van der Waals surface area contributed by atoms with Crippen LogP contribution in [0.25, 0.3) is 10.8 Å². The van der Waals surface area contributed by atoms with Gasteiger partial charge in [-0.05, 0) is 41.5 Å². The highest BCUT2D eigenvalue weighted by Gasteiger charge is 2.17. The van der Waals surface area contributed by atoms with Gasteiger partial charge in [0.15, 0.2) is 0 Å². The molecule has 132 valence electrons. The molecule has 0 radical (unpaired) electrons. The van der Waals surface area contributed by atoms with Crippen LogP contribution in [0.3, 0.4) is 0 Å². The Morgan fingerprint density at radius 2 is 1.81 bits per heavy atom. The highest BCUT2D eigenvalue weighted by atomic mass is 16.6. The van der Waals surface area contributed by atoms with E-state index in [0.29, 0.717) is 5.69 Å². The minimum Gasteiger partial charge on any atom is -0.497 e. The Morgan fingerprint density at radius 1 is 1.08 bits per heavy atom. The van der Waals surface area contributed by atoms with E-state index in [1.54, 1.807) is 26.2 Å². The summed E-state index contributed by atoms with van der Waals surface area (Å²) in [4.78, 5) is 22.9. The number of fused-ring (bicyclic) bond motifs is 1. The molecule has 0 spiro atoms. The van der Waals surface area contributed by atoms with E-state index < -0.39 is 10.8 Å². The van der Waals surface area contributed by atoms with E-state index in [1.807, 2.05) is 36.4 Å². The number of hydrogen-bond donors (Lipinski definition) is 1. The summed E-state index contributed by atoms with van der Waals surface area (Å²) in [6.07, 6.45) is 0. The molecule has 0 heterocycles. The van der Waals surface area contributed by atoms with Gasteiger partial charge in [-0.1, -0.05) is 30.3 Å². The predicted molar refractivity (Wildman–Crippen MR) is 101 cm³/mol. The number of nitro benzene ring substituents is 1. The third-order valence-electron chi connectivity index (χ3n) is 4.29. The van der Waals surface area contributed by atoms with Crippen LogP contribution < -0.4 is 10.1 Å². The lowest BCUT2D eigenvalue weighted by Crippen LogP contribution is -2.18. The lowest BCUT2D eigenvalue weighted by molar-refractivity contribution is -0.384. The van der Waals surface area contributed by atoms with Crippen LogP contribution in [0.2, 0.25) is 0 Å². The van der Waals surface area contributed by atoms with Crippen molar-refractivity contribution in [2.45, 2.75) is 12.8 Å². The molecule has 0 aromatic heterocycles. The van der Waals surface area contributed by atoms with Gasteiger partial charge in [-0.25, -0.2) is 0 Å². The number of ether oxygens (including phenoxy) is 1. The van der Waals surface area contributed by atoms with E-state index in [2.05, 4.69) is 5.32 Å². The molecule has 3 rings (SSSR count). The van der Waals surface area contributed by atoms with Gasteiger partial charge in [0.25, 0.3) is 5.69 Å². The maximum atomic E-state index is 12.5. The van der Waals surface area contributed by atoms with Crippen molar-refractivity contribution in [1.29, 1.82) is 0 Å². The van der Waals surface area contributed by atoms with Crippen LogP contribution in [0.15, 0.2) is 60.7 Å². The molecule has 0 saturated carbocycles. The first-order valence-electron chi connectivity index (χ1n) is 8.11. The SMILES string of the molecule is COc1ccc2cc(C(C)C(=O)Nc3cccc([N+](=O)[O-])c3)ccc2c1. The average Bonchev–Trinajstić information content (AvgIpc) is 2.66. The highest BCUT2D eigenvalue weighted by Crippen LogP contribution is 2.26. The van der Waals surface area contributed by atoms with Gasteiger partial charge in [-0.3, -0.25) is 14.9 Å². The maximum absolute atomic E-state index is 12.5. The van der Waals surface area contributed by atoms with Crippen LogP contribution in [0, 0.1) is 10.1 Å². The summed E-state index contributed by atoms with van der Waals surface area (Å²) in [5.74, 6) is 0.154. The summed E-state index contributed by atoms with van der Waals surface area (Å²) >= 11 is 0. The molecule has 0 saturated heterocycles. The molecule has 1 amide bonds. The molecule has 0 fully saturated rings. The molecular weight excluding hydrogens is 332 g/mol. The van der Waals surface area contributed by atoms with Crippen LogP contribution in [0.1, 0.15) is 18.4 Å². The second kappa shape index (κ2) is 7.23. The fourth-order valence-corrected chi connectivity index (χ4v) is 2.74. The third kappa shape index (κ3) is 3.64. The van der Waals surface area contributed by atoms with Gasteiger partial charge in [-0.2, -0.15) is 0 Å². The third-order valence-corrected chi connectivity index (χ3v) is 4.29. The van der Waals surface area contributed by atoms with Crippen LogP contribution in [0.5, 0.6) is 5.75 Å². The summed E-state index contributed by atoms with van der Waals surface area (Å²) in [6, 6.07) is 17.5. The van der Waals surface area contributed by atoms with Crippen molar-refractivity contribution in [2.75, 3.05) is 12.4 Å². The number of rotatable bonds is 5. The van der Waals surface area contributed by atoms with Crippen LogP contribution in [-0.4, -0.2) is 17.9 Å². The molecule has 6 nitrogen and oxygen atoms in total. The number of nitro groups is 1. The van der Waals surface area contributed by atoms with Crippen molar-refractivity contribution < 1.29 is 14.5 Å². The molecule has 3 aromatic rings. The highest BCUT2D eigenvalue weighted by molar-refractivity contribution is 5.96. The van der Waals surface area contributed by atoms with Crippen molar-refractivity contribution in [2.24, 2.45) is 0 Å². The number of benzene rings is 3. The van der Waals surface area contributed by atoms with E-state index >= 15 is 0 Å². The largest absolute Gasteiger partial charge is 0.497 e. The number of nitrogens with one attached hydrogen (secondary N) is 1. The Kier molecular flexibility index (Phi) is 4.84. The number of anilines is 1. The van der Waals surface area contributed by atoms with E-state index in [-0.39, 0.29) is 11.6 Å². The number of methoxy groups -OCH3 is 1. The van der Waals surface area contributed by atoms with Gasteiger partial charge in [-0.15, -0.1) is 0 Å². The van der Waals surface area contributed by atoms with E-state index in [0.717, 1.165) is 22.1 Å². The molecule has 6 heteroatoms. The Bertz CT molecular complexity index is 984. The minimum absolute atomic E-state index is 0.0601. The second-order valence-corrected chi connectivity index (χ2v) is 5.99. The first kappa shape index (κ1) is 17.4. The van der Waals surface area contributed by atoms with Gasteiger partial charge < -0.3 is 10.1 Å². The van der Waals surface area contributed by atoms with Gasteiger partial charge in [0.05, 0.1) is 18.0 Å². The summed E-state index contributed by atoms with van der Waals surface area (Å²) in [5, 5.41) is 15.6. The number of hydrogen-bond acceptors (Lipinski definition) is 4. The number of carbonyl (C=O) groups excluding carboxylic acids is 1. The van der Waals surface area contributed by atoms with Gasteiger partial charge in [0.1, 0.15) is 5.75 Å². The van der Waals surface area contributed by atoms with Crippen molar-refractivity contribution >= 4 is 28.1 Å². The Balaban J connectivity index is 1.80. The fraction of sp³-hybridized carbons (Fsp3) is 0.150. The fourth-order valence-electron chi connectivity index (χ4n) is 2.74. The Labute approximate surface area is 150 Å². The second-order valence-electron chi connectivity index (χ2n) is 5.99. The predicted octanol–water partition coefficient (Wildman–Crippen LogP) is 4.50. The first-order chi connectivity index (χ1) is 12.5. The molecule has 0 aliphatic rings. The normalized spacial score (nSPS) is 11.8. The molecule has 3 aromatic carbocycles. The van der Waals surface area contributed by atoms with Crippen molar-refractivity contribution in [1.82, 2.24) is 0 Å². The van der Waals surface area contributed by atoms with Crippen molar-refractivity contribution in [3.63, 3.8) is 0 Å². The van der Waals surface area contributed by atoms with E-state index in [1.165, 1.54) is 12.1 Å². The molecule has 26 heavy (non-hydrogen) atoms. The first-order valence-corrected chi connectivity index (χ1v) is 8.11. The number of non-ortho nitro benzene ring substituents is 1. The van der Waals surface area contributed by atoms with Crippen LogP contribution >= 0.6 is 0 Å². The molecule has 0 aliphatic heterocycles. The molecule has 1 N–H and O–H groups in total. The van der Waals surface area contributed by atoms with Crippen LogP contribution in [-0.2, 0) is 4.79 Å². The zero-order valence-corrected chi connectivity index (χ0v) is 14.4. The van der Waals surface area contributed by atoms with E-state index in [9.17, 15) is 14.9 Å². The number of carbonyl (C=O) groups is 1. The summed E-state index contributed by atoms with van der Waals surface area (Å²) in [5.41, 5.74) is 1.21.